The van der Waals surface area contributed by atoms with Gasteiger partial charge in [0.2, 0.25) is 0 Å². The number of ether oxygens (including phenoxy) is 2. The van der Waals surface area contributed by atoms with Gasteiger partial charge in [-0.15, -0.1) is 0 Å². The molecule has 0 N–H and O–H groups in total. The highest BCUT2D eigenvalue weighted by Crippen LogP contribution is 2.27. The average molecular weight is 277 g/mol. The van der Waals surface area contributed by atoms with Gasteiger partial charge in [0.25, 0.3) is 0 Å². The number of methoxy groups -OCH3 is 2. The van der Waals surface area contributed by atoms with E-state index in [4.69, 9.17) is 4.74 Å². The molecule has 0 radical (unpaired) electrons. The van der Waals surface area contributed by atoms with Crippen molar-refractivity contribution in [2.45, 2.75) is 4.83 Å². The van der Waals surface area contributed by atoms with Crippen LogP contribution >= 0.6 is 15.9 Å². The average Bonchev–Trinajstić information content (AvgIpc) is 2.26. The molecule has 0 aliphatic rings. The van der Waals surface area contributed by atoms with Crippen molar-refractivity contribution in [1.82, 2.24) is 0 Å². The summed E-state index contributed by atoms with van der Waals surface area (Å²) in [7, 11) is 2.65. The van der Waals surface area contributed by atoms with Crippen LogP contribution in [0.15, 0.2) is 18.2 Å². The van der Waals surface area contributed by atoms with Gasteiger partial charge < -0.3 is 9.47 Å². The standard InChI is InChI=1S/C10H10BrFO3/c1-14-8-4-3-6(5-7(8)12)9(11)10(13)15-2/h3-5,9H,1-2H3/t9-/m0/s1. The summed E-state index contributed by atoms with van der Waals surface area (Å²) >= 11 is 3.11. The van der Waals surface area contributed by atoms with Gasteiger partial charge in [0.05, 0.1) is 14.2 Å². The normalized spacial score (nSPS) is 12.0. The second-order valence-electron chi connectivity index (χ2n) is 2.78. The molecule has 0 heterocycles. The van der Waals surface area contributed by atoms with Gasteiger partial charge in [0.1, 0.15) is 4.83 Å². The lowest BCUT2D eigenvalue weighted by Gasteiger charge is -2.09. The first-order valence-corrected chi connectivity index (χ1v) is 5.07. The molecule has 15 heavy (non-hydrogen) atoms. The van der Waals surface area contributed by atoms with Crippen molar-refractivity contribution in [3.05, 3.63) is 29.6 Å². The first-order valence-electron chi connectivity index (χ1n) is 4.15. The summed E-state index contributed by atoms with van der Waals surface area (Å²) in [5.74, 6) is -0.841. The molecule has 1 rings (SSSR count). The zero-order valence-corrected chi connectivity index (χ0v) is 9.88. The van der Waals surface area contributed by atoms with Crippen molar-refractivity contribution in [2.24, 2.45) is 0 Å². The van der Waals surface area contributed by atoms with E-state index < -0.39 is 16.6 Å². The van der Waals surface area contributed by atoms with Crippen LogP contribution in [-0.2, 0) is 9.53 Å². The predicted molar refractivity (Wildman–Crippen MR) is 56.6 cm³/mol. The van der Waals surface area contributed by atoms with Crippen LogP contribution in [0.25, 0.3) is 0 Å². The summed E-state index contributed by atoms with van der Waals surface area (Å²) in [5.41, 5.74) is 0.486. The Labute approximate surface area is 95.3 Å². The molecule has 0 saturated heterocycles. The van der Waals surface area contributed by atoms with E-state index in [2.05, 4.69) is 20.7 Å². The third-order valence-corrected chi connectivity index (χ3v) is 2.78. The molecule has 0 bridgehead atoms. The molecule has 0 saturated carbocycles. The van der Waals surface area contributed by atoms with Crippen LogP contribution in [0.5, 0.6) is 5.75 Å². The number of benzene rings is 1. The number of hydrogen-bond acceptors (Lipinski definition) is 3. The summed E-state index contributed by atoms with van der Waals surface area (Å²) < 4.78 is 22.6. The lowest BCUT2D eigenvalue weighted by atomic mass is 10.1. The predicted octanol–water partition coefficient (Wildman–Crippen LogP) is 2.44. The number of halogens is 2. The Morgan fingerprint density at radius 2 is 2.13 bits per heavy atom. The number of rotatable bonds is 3. The highest BCUT2D eigenvalue weighted by molar-refractivity contribution is 9.09. The van der Waals surface area contributed by atoms with Crippen LogP contribution in [0.3, 0.4) is 0 Å². The van der Waals surface area contributed by atoms with E-state index in [-0.39, 0.29) is 5.75 Å². The van der Waals surface area contributed by atoms with Gasteiger partial charge in [-0.1, -0.05) is 22.0 Å². The largest absolute Gasteiger partial charge is 0.494 e. The highest BCUT2D eigenvalue weighted by Gasteiger charge is 2.18. The molecule has 1 atom stereocenters. The Balaban J connectivity index is 2.97. The van der Waals surface area contributed by atoms with Crippen molar-refractivity contribution in [2.75, 3.05) is 14.2 Å². The van der Waals surface area contributed by atoms with E-state index >= 15 is 0 Å². The monoisotopic (exact) mass is 276 g/mol. The zero-order valence-electron chi connectivity index (χ0n) is 8.29. The Morgan fingerprint density at radius 3 is 2.60 bits per heavy atom. The van der Waals surface area contributed by atoms with E-state index in [1.807, 2.05) is 0 Å². The topological polar surface area (TPSA) is 35.5 Å². The maximum Gasteiger partial charge on any atom is 0.324 e. The lowest BCUT2D eigenvalue weighted by Crippen LogP contribution is -2.08. The van der Waals surface area contributed by atoms with Gasteiger partial charge >= 0.3 is 5.97 Å². The Hall–Kier alpha value is -1.10. The van der Waals surface area contributed by atoms with Crippen molar-refractivity contribution >= 4 is 21.9 Å². The van der Waals surface area contributed by atoms with E-state index in [0.717, 1.165) is 0 Å². The van der Waals surface area contributed by atoms with E-state index in [0.29, 0.717) is 5.56 Å². The molecule has 0 aromatic heterocycles. The van der Waals surface area contributed by atoms with Crippen LogP contribution in [0, 0.1) is 5.82 Å². The van der Waals surface area contributed by atoms with Crippen LogP contribution in [-0.4, -0.2) is 20.2 Å². The molecular weight excluding hydrogens is 267 g/mol. The minimum Gasteiger partial charge on any atom is -0.494 e. The van der Waals surface area contributed by atoms with E-state index in [1.54, 1.807) is 6.07 Å². The van der Waals surface area contributed by atoms with Gasteiger partial charge in [0.15, 0.2) is 11.6 Å². The van der Waals surface area contributed by atoms with Crippen molar-refractivity contribution in [3.63, 3.8) is 0 Å². The zero-order chi connectivity index (χ0) is 11.4. The van der Waals surface area contributed by atoms with Crippen LogP contribution in [0.1, 0.15) is 10.4 Å². The first kappa shape index (κ1) is 12.0. The summed E-state index contributed by atoms with van der Waals surface area (Å²) in [6.07, 6.45) is 0. The third kappa shape index (κ3) is 2.68. The molecule has 82 valence electrons. The maximum atomic E-state index is 13.3. The molecule has 0 unspecified atom stereocenters. The fraction of sp³-hybridized carbons (Fsp3) is 0.300. The second kappa shape index (κ2) is 5.11. The van der Waals surface area contributed by atoms with Gasteiger partial charge in [-0.3, -0.25) is 4.79 Å². The molecule has 0 amide bonds. The summed E-state index contributed by atoms with van der Waals surface area (Å²) in [4.78, 5) is 10.5. The summed E-state index contributed by atoms with van der Waals surface area (Å²) in [6, 6.07) is 4.29. The third-order valence-electron chi connectivity index (χ3n) is 1.88. The Kier molecular flexibility index (Phi) is 4.08. The number of alkyl halides is 1. The molecule has 1 aromatic carbocycles. The van der Waals surface area contributed by atoms with Crippen LogP contribution < -0.4 is 4.74 Å². The first-order chi connectivity index (χ1) is 7.10. The molecule has 1 aromatic rings. The van der Waals surface area contributed by atoms with Gasteiger partial charge in [0, 0.05) is 0 Å². The van der Waals surface area contributed by atoms with Crippen LogP contribution in [0.4, 0.5) is 4.39 Å². The quantitative estimate of drug-likeness (QED) is 0.629. The number of esters is 1. The SMILES string of the molecule is COC(=O)[C@@H](Br)c1ccc(OC)c(F)c1. The molecule has 5 heteroatoms. The van der Waals surface area contributed by atoms with Gasteiger partial charge in [-0.05, 0) is 17.7 Å². The van der Waals surface area contributed by atoms with Crippen molar-refractivity contribution in [1.29, 1.82) is 0 Å². The molecule has 0 fully saturated rings. The summed E-state index contributed by atoms with van der Waals surface area (Å²) in [5, 5.41) is 0. The number of carbonyl (C=O) groups excluding carboxylic acids is 1. The number of hydrogen-bond donors (Lipinski definition) is 0. The minimum absolute atomic E-state index is 0.142. The second-order valence-corrected chi connectivity index (χ2v) is 3.70. The highest BCUT2D eigenvalue weighted by atomic mass is 79.9. The molecule has 0 aliphatic heterocycles. The molecule has 0 aliphatic carbocycles. The Morgan fingerprint density at radius 1 is 1.47 bits per heavy atom. The maximum absolute atomic E-state index is 13.3. The van der Waals surface area contributed by atoms with Crippen LogP contribution in [0.2, 0.25) is 0 Å². The molecule has 3 nitrogen and oxygen atoms in total. The molecular formula is C10H10BrFO3. The Bertz CT molecular complexity index is 368. The summed E-state index contributed by atoms with van der Waals surface area (Å²) in [6.45, 7) is 0. The van der Waals surface area contributed by atoms with Gasteiger partial charge in [-0.2, -0.15) is 0 Å². The van der Waals surface area contributed by atoms with Crippen molar-refractivity contribution in [3.8, 4) is 5.75 Å². The lowest BCUT2D eigenvalue weighted by molar-refractivity contribution is -0.139. The van der Waals surface area contributed by atoms with Crippen molar-refractivity contribution < 1.29 is 18.7 Å². The van der Waals surface area contributed by atoms with E-state index in [1.165, 1.54) is 26.4 Å². The number of carbonyl (C=O) groups is 1. The fourth-order valence-corrected chi connectivity index (χ4v) is 1.55. The molecule has 0 spiro atoms. The smallest absolute Gasteiger partial charge is 0.324 e. The van der Waals surface area contributed by atoms with Gasteiger partial charge in [-0.25, -0.2) is 4.39 Å². The van der Waals surface area contributed by atoms with E-state index in [9.17, 15) is 9.18 Å². The minimum atomic E-state index is -0.664. The fourth-order valence-electron chi connectivity index (χ4n) is 1.08.